The Morgan fingerprint density at radius 2 is 1.90 bits per heavy atom. The average Bonchev–Trinajstić information content (AvgIpc) is 2.93. The van der Waals surface area contributed by atoms with Crippen molar-refractivity contribution in [2.24, 2.45) is 0 Å². The van der Waals surface area contributed by atoms with Gasteiger partial charge in [0, 0.05) is 32.6 Å². The highest BCUT2D eigenvalue weighted by Gasteiger charge is 2.44. The fourth-order valence-electron chi connectivity index (χ4n) is 3.99. The van der Waals surface area contributed by atoms with Crippen LogP contribution >= 0.6 is 0 Å². The highest BCUT2D eigenvalue weighted by Crippen LogP contribution is 2.31. The Morgan fingerprint density at radius 3 is 2.61 bits per heavy atom. The molecule has 1 aromatic rings. The molecule has 3 aliphatic rings. The molecular weight excluding hydrogens is 408 g/mol. The van der Waals surface area contributed by atoms with E-state index in [4.69, 9.17) is 9.84 Å². The second kappa shape index (κ2) is 8.34. The lowest BCUT2D eigenvalue weighted by atomic mass is 10.0. The second-order valence-electron chi connectivity index (χ2n) is 7.74. The Morgan fingerprint density at radius 1 is 1.16 bits per heavy atom. The fraction of sp³-hybridized carbons (Fsp3) is 0.450. The normalized spacial score (nSPS) is 21.5. The van der Waals surface area contributed by atoms with Gasteiger partial charge in [-0.2, -0.15) is 0 Å². The number of ether oxygens (including phenoxy) is 1. The molecule has 3 heterocycles. The van der Waals surface area contributed by atoms with E-state index in [-0.39, 0.29) is 30.1 Å². The van der Waals surface area contributed by atoms with E-state index in [1.54, 1.807) is 6.07 Å². The monoisotopic (exact) mass is 430 g/mol. The van der Waals surface area contributed by atoms with Crippen molar-refractivity contribution in [3.05, 3.63) is 29.3 Å². The molecule has 1 atom stereocenters. The number of benzene rings is 1. The number of carboxylic acid groups (broad SMARTS) is 1. The minimum absolute atomic E-state index is 0.0658. The highest BCUT2D eigenvalue weighted by atomic mass is 16.5. The SMILES string of the molecule is O=C(O)NCCCN1CC(Oc2ccc3c(c2)C(=O)N(C2CCC(=O)NC2=O)C3=O)C1. The fourth-order valence-corrected chi connectivity index (χ4v) is 3.99. The van der Waals surface area contributed by atoms with Crippen molar-refractivity contribution in [1.29, 1.82) is 0 Å². The lowest BCUT2D eigenvalue weighted by Crippen LogP contribution is -2.54. The summed E-state index contributed by atoms with van der Waals surface area (Å²) < 4.78 is 5.89. The number of hydrogen-bond acceptors (Lipinski definition) is 7. The molecule has 0 saturated carbocycles. The first-order chi connectivity index (χ1) is 14.8. The minimum Gasteiger partial charge on any atom is -0.488 e. The van der Waals surface area contributed by atoms with Crippen LogP contribution in [0.4, 0.5) is 4.79 Å². The van der Waals surface area contributed by atoms with Crippen molar-refractivity contribution in [3.8, 4) is 5.75 Å². The Balaban J connectivity index is 1.33. The summed E-state index contributed by atoms with van der Waals surface area (Å²) in [4.78, 5) is 62.5. The molecule has 0 aromatic heterocycles. The van der Waals surface area contributed by atoms with Gasteiger partial charge in [0.2, 0.25) is 11.8 Å². The number of carbonyl (C=O) groups excluding carboxylic acids is 4. The molecule has 11 heteroatoms. The van der Waals surface area contributed by atoms with E-state index in [9.17, 15) is 24.0 Å². The number of amides is 5. The maximum absolute atomic E-state index is 12.8. The maximum atomic E-state index is 12.8. The van der Waals surface area contributed by atoms with Crippen LogP contribution in [-0.2, 0) is 9.59 Å². The number of carbonyl (C=O) groups is 5. The van der Waals surface area contributed by atoms with Gasteiger partial charge < -0.3 is 15.2 Å². The lowest BCUT2D eigenvalue weighted by molar-refractivity contribution is -0.136. The van der Waals surface area contributed by atoms with Gasteiger partial charge >= 0.3 is 6.09 Å². The van der Waals surface area contributed by atoms with Crippen LogP contribution in [0.3, 0.4) is 0 Å². The van der Waals surface area contributed by atoms with Gasteiger partial charge in [-0.3, -0.25) is 34.3 Å². The molecule has 0 bridgehead atoms. The third-order valence-electron chi connectivity index (χ3n) is 5.56. The van der Waals surface area contributed by atoms with Gasteiger partial charge in [-0.05, 0) is 31.0 Å². The smallest absolute Gasteiger partial charge is 0.404 e. The van der Waals surface area contributed by atoms with E-state index < -0.39 is 35.8 Å². The van der Waals surface area contributed by atoms with E-state index in [0.29, 0.717) is 31.8 Å². The van der Waals surface area contributed by atoms with Gasteiger partial charge in [-0.15, -0.1) is 0 Å². The number of imide groups is 2. The van der Waals surface area contributed by atoms with Crippen LogP contribution in [-0.4, -0.2) is 83.0 Å². The molecule has 4 rings (SSSR count). The Kier molecular flexibility index (Phi) is 5.59. The predicted octanol–water partition coefficient (Wildman–Crippen LogP) is -0.191. The van der Waals surface area contributed by atoms with Crippen molar-refractivity contribution in [1.82, 2.24) is 20.4 Å². The van der Waals surface area contributed by atoms with Crippen molar-refractivity contribution in [2.75, 3.05) is 26.2 Å². The summed E-state index contributed by atoms with van der Waals surface area (Å²) in [7, 11) is 0. The molecule has 0 aliphatic carbocycles. The summed E-state index contributed by atoms with van der Waals surface area (Å²) in [5.41, 5.74) is 0.395. The minimum atomic E-state index is -1.04. The molecular formula is C20H22N4O7. The number of rotatable bonds is 7. The summed E-state index contributed by atoms with van der Waals surface area (Å²) in [6.07, 6.45) is -0.221. The first-order valence-corrected chi connectivity index (χ1v) is 10.0. The third-order valence-corrected chi connectivity index (χ3v) is 5.56. The van der Waals surface area contributed by atoms with E-state index in [1.807, 2.05) is 0 Å². The molecule has 2 fully saturated rings. The molecule has 3 aliphatic heterocycles. The van der Waals surface area contributed by atoms with Crippen LogP contribution in [0.1, 0.15) is 40.0 Å². The number of nitrogens with zero attached hydrogens (tertiary/aromatic N) is 2. The Bertz CT molecular complexity index is 957. The zero-order chi connectivity index (χ0) is 22.1. The van der Waals surface area contributed by atoms with Gasteiger partial charge in [-0.25, -0.2) is 4.79 Å². The summed E-state index contributed by atoms with van der Waals surface area (Å²) in [6.45, 7) is 2.50. The predicted molar refractivity (Wildman–Crippen MR) is 105 cm³/mol. The second-order valence-corrected chi connectivity index (χ2v) is 7.74. The largest absolute Gasteiger partial charge is 0.488 e. The molecule has 164 valence electrons. The van der Waals surface area contributed by atoms with Crippen molar-refractivity contribution in [2.45, 2.75) is 31.4 Å². The summed E-state index contributed by atoms with van der Waals surface area (Å²) in [5.74, 6) is -1.72. The number of fused-ring (bicyclic) bond motifs is 1. The average molecular weight is 430 g/mol. The molecule has 1 aromatic carbocycles. The van der Waals surface area contributed by atoms with Crippen molar-refractivity contribution in [3.63, 3.8) is 0 Å². The van der Waals surface area contributed by atoms with E-state index in [1.165, 1.54) is 12.1 Å². The van der Waals surface area contributed by atoms with Crippen LogP contribution < -0.4 is 15.4 Å². The van der Waals surface area contributed by atoms with E-state index in [2.05, 4.69) is 15.5 Å². The summed E-state index contributed by atoms with van der Waals surface area (Å²) in [6, 6.07) is 3.66. The quantitative estimate of drug-likeness (QED) is 0.399. The van der Waals surface area contributed by atoms with E-state index >= 15 is 0 Å². The van der Waals surface area contributed by atoms with Crippen LogP contribution in [0.15, 0.2) is 18.2 Å². The molecule has 2 saturated heterocycles. The molecule has 0 spiro atoms. The first-order valence-electron chi connectivity index (χ1n) is 10.0. The lowest BCUT2D eigenvalue weighted by Gasteiger charge is -2.39. The topological polar surface area (TPSA) is 145 Å². The molecule has 3 N–H and O–H groups in total. The molecule has 0 radical (unpaired) electrons. The van der Waals surface area contributed by atoms with Crippen molar-refractivity contribution < 1.29 is 33.8 Å². The molecule has 5 amide bonds. The number of nitrogens with one attached hydrogen (secondary N) is 2. The van der Waals surface area contributed by atoms with Gasteiger partial charge in [0.1, 0.15) is 17.9 Å². The van der Waals surface area contributed by atoms with E-state index in [0.717, 1.165) is 11.4 Å². The molecule has 31 heavy (non-hydrogen) atoms. The van der Waals surface area contributed by atoms with Gasteiger partial charge in [0.05, 0.1) is 11.1 Å². The van der Waals surface area contributed by atoms with Crippen LogP contribution in [0.25, 0.3) is 0 Å². The third kappa shape index (κ3) is 4.22. The number of hydrogen-bond donors (Lipinski definition) is 3. The number of likely N-dealkylation sites (tertiary alicyclic amines) is 1. The van der Waals surface area contributed by atoms with Crippen LogP contribution in [0.5, 0.6) is 5.75 Å². The highest BCUT2D eigenvalue weighted by molar-refractivity contribution is 6.23. The number of piperidine rings is 1. The van der Waals surface area contributed by atoms with Crippen LogP contribution in [0, 0.1) is 0 Å². The maximum Gasteiger partial charge on any atom is 0.404 e. The standard InChI is InChI=1S/C20H22N4O7/c25-16-5-4-15(17(26)22-16)24-18(27)13-3-2-11(8-14(13)19(24)28)31-12-9-23(10-12)7-1-6-21-20(29)30/h2-3,8,12,15,21H,1,4-7,9-10H2,(H,29,30)(H,22,25,26). The first kappa shape index (κ1) is 20.8. The zero-order valence-corrected chi connectivity index (χ0v) is 16.6. The Labute approximate surface area is 177 Å². The Hall–Kier alpha value is -3.47. The molecule has 11 nitrogen and oxygen atoms in total. The molecule has 1 unspecified atom stereocenters. The van der Waals surface area contributed by atoms with Gasteiger partial charge in [-0.1, -0.05) is 0 Å². The summed E-state index contributed by atoms with van der Waals surface area (Å²) >= 11 is 0. The van der Waals surface area contributed by atoms with Gasteiger partial charge in [0.15, 0.2) is 0 Å². The van der Waals surface area contributed by atoms with Crippen molar-refractivity contribution >= 4 is 29.7 Å². The van der Waals surface area contributed by atoms with Gasteiger partial charge in [0.25, 0.3) is 11.8 Å². The zero-order valence-electron chi connectivity index (χ0n) is 16.6. The van der Waals surface area contributed by atoms with Crippen LogP contribution in [0.2, 0.25) is 0 Å². The summed E-state index contributed by atoms with van der Waals surface area (Å²) in [5, 5.41) is 13.0.